The molecule has 0 N–H and O–H groups in total. The molecule has 7 heteroatoms. The first-order valence-corrected chi connectivity index (χ1v) is 12.5. The number of thioether (sulfide) groups is 1. The van der Waals surface area contributed by atoms with Gasteiger partial charge in [-0.15, -0.1) is 0 Å². The van der Waals surface area contributed by atoms with Gasteiger partial charge in [0.2, 0.25) is 0 Å². The highest BCUT2D eigenvalue weighted by molar-refractivity contribution is 9.10. The third kappa shape index (κ3) is 5.49. The van der Waals surface area contributed by atoms with E-state index in [-0.39, 0.29) is 5.91 Å². The molecule has 1 heterocycles. The highest BCUT2D eigenvalue weighted by Crippen LogP contribution is 2.40. The van der Waals surface area contributed by atoms with Crippen molar-refractivity contribution in [1.29, 1.82) is 0 Å². The normalized spacial score (nSPS) is 14.8. The topological polar surface area (TPSA) is 38.8 Å². The molecule has 1 fully saturated rings. The van der Waals surface area contributed by atoms with Crippen LogP contribution in [0.25, 0.3) is 6.08 Å². The number of anilines is 1. The second kappa shape index (κ2) is 10.5. The number of para-hydroxylation sites is 1. The number of benzene rings is 3. The third-order valence-electron chi connectivity index (χ3n) is 4.90. The smallest absolute Gasteiger partial charge is 0.270 e. The second-order valence-electron chi connectivity index (χ2n) is 7.39. The molecular weight excluding hydrogens is 518 g/mol. The van der Waals surface area contributed by atoms with Gasteiger partial charge >= 0.3 is 0 Å². The zero-order chi connectivity index (χ0) is 23.4. The van der Waals surface area contributed by atoms with E-state index in [4.69, 9.17) is 21.7 Å². The minimum atomic E-state index is -0.134. The first kappa shape index (κ1) is 23.5. The van der Waals surface area contributed by atoms with Gasteiger partial charge in [-0.25, -0.2) is 0 Å². The molecule has 3 aromatic carbocycles. The van der Waals surface area contributed by atoms with Crippen LogP contribution in [0.5, 0.6) is 11.5 Å². The molecule has 0 radical (unpaired) electrons. The van der Waals surface area contributed by atoms with E-state index in [1.54, 1.807) is 4.90 Å². The summed E-state index contributed by atoms with van der Waals surface area (Å²) in [5, 5.41) is 0. The van der Waals surface area contributed by atoms with Crippen molar-refractivity contribution in [2.75, 3.05) is 11.5 Å². The van der Waals surface area contributed by atoms with Crippen molar-refractivity contribution in [3.63, 3.8) is 0 Å². The van der Waals surface area contributed by atoms with Crippen LogP contribution in [0, 0.1) is 6.92 Å². The van der Waals surface area contributed by atoms with E-state index in [0.717, 1.165) is 21.3 Å². The Balaban J connectivity index is 1.60. The number of carbonyl (C=O) groups excluding carboxylic acids is 1. The Morgan fingerprint density at radius 3 is 2.58 bits per heavy atom. The van der Waals surface area contributed by atoms with Crippen molar-refractivity contribution < 1.29 is 14.3 Å². The number of hydrogen-bond acceptors (Lipinski definition) is 5. The van der Waals surface area contributed by atoms with Crippen molar-refractivity contribution in [2.24, 2.45) is 0 Å². The van der Waals surface area contributed by atoms with Gasteiger partial charge in [-0.3, -0.25) is 9.69 Å². The monoisotopic (exact) mass is 539 g/mol. The van der Waals surface area contributed by atoms with Crippen LogP contribution in [-0.4, -0.2) is 16.8 Å². The first-order chi connectivity index (χ1) is 16.0. The lowest BCUT2D eigenvalue weighted by Gasteiger charge is -2.15. The van der Waals surface area contributed by atoms with Crippen LogP contribution in [0.2, 0.25) is 0 Å². The number of thiocarbonyl (C=S) groups is 1. The molecule has 0 unspecified atom stereocenters. The molecule has 1 aliphatic rings. The number of amides is 1. The van der Waals surface area contributed by atoms with E-state index in [1.165, 1.54) is 17.3 Å². The van der Waals surface area contributed by atoms with Crippen LogP contribution < -0.4 is 14.4 Å². The minimum absolute atomic E-state index is 0.134. The van der Waals surface area contributed by atoms with Crippen molar-refractivity contribution in [1.82, 2.24) is 0 Å². The zero-order valence-corrected chi connectivity index (χ0v) is 21.4. The van der Waals surface area contributed by atoms with Crippen molar-refractivity contribution >= 4 is 61.9 Å². The Morgan fingerprint density at radius 1 is 1.06 bits per heavy atom. The lowest BCUT2D eigenvalue weighted by molar-refractivity contribution is -0.113. The van der Waals surface area contributed by atoms with Crippen LogP contribution in [0.1, 0.15) is 23.6 Å². The first-order valence-electron chi connectivity index (χ1n) is 10.4. The van der Waals surface area contributed by atoms with Crippen LogP contribution >= 0.6 is 39.9 Å². The molecule has 4 rings (SSSR count). The van der Waals surface area contributed by atoms with E-state index < -0.39 is 0 Å². The summed E-state index contributed by atoms with van der Waals surface area (Å²) in [7, 11) is 0. The van der Waals surface area contributed by atoms with Crippen LogP contribution in [0.3, 0.4) is 0 Å². The number of ether oxygens (including phenoxy) is 2. The Bertz CT molecular complexity index is 1230. The number of hydrogen-bond donors (Lipinski definition) is 0. The van der Waals surface area contributed by atoms with Crippen molar-refractivity contribution in [3.8, 4) is 11.5 Å². The Kier molecular flexibility index (Phi) is 7.53. The standard InChI is InChI=1S/C26H22BrNO3S2/c1-3-30-22-14-19(13-21(27)24(22)31-16-18-9-7-8-17(2)12-18)15-23-25(29)28(26(32)33-23)20-10-5-4-6-11-20/h4-15H,3,16H2,1-2H3/b23-15+. The van der Waals surface area contributed by atoms with Crippen LogP contribution in [0.15, 0.2) is 76.1 Å². The second-order valence-corrected chi connectivity index (χ2v) is 9.92. The average Bonchev–Trinajstić information content (AvgIpc) is 3.06. The van der Waals surface area contributed by atoms with Gasteiger partial charge in [-0.2, -0.15) is 0 Å². The predicted octanol–water partition coefficient (Wildman–Crippen LogP) is 7.14. The number of aryl methyl sites for hydroxylation is 1. The summed E-state index contributed by atoms with van der Waals surface area (Å²) in [5.41, 5.74) is 3.85. The van der Waals surface area contributed by atoms with Gasteiger partial charge in [0.05, 0.1) is 21.7 Å². The van der Waals surface area contributed by atoms with Crippen LogP contribution in [-0.2, 0) is 11.4 Å². The SMILES string of the molecule is CCOc1cc(/C=C2/SC(=S)N(c3ccccc3)C2=O)cc(Br)c1OCc1cccc(C)c1. The van der Waals surface area contributed by atoms with E-state index in [9.17, 15) is 4.79 Å². The van der Waals surface area contributed by atoms with E-state index in [1.807, 2.05) is 67.6 Å². The van der Waals surface area contributed by atoms with Gasteiger partial charge in [0.25, 0.3) is 5.91 Å². The van der Waals surface area contributed by atoms with Crippen molar-refractivity contribution in [2.45, 2.75) is 20.5 Å². The fourth-order valence-electron chi connectivity index (χ4n) is 3.45. The molecule has 0 bridgehead atoms. The van der Waals surface area contributed by atoms with E-state index in [2.05, 4.69) is 35.0 Å². The van der Waals surface area contributed by atoms with Gasteiger partial charge in [-0.05, 0) is 71.2 Å². The summed E-state index contributed by atoms with van der Waals surface area (Å²) < 4.78 is 13.2. The Morgan fingerprint density at radius 2 is 1.85 bits per heavy atom. The van der Waals surface area contributed by atoms with Gasteiger partial charge in [0, 0.05) is 0 Å². The molecule has 0 atom stereocenters. The number of nitrogens with zero attached hydrogens (tertiary/aromatic N) is 1. The molecule has 4 nitrogen and oxygen atoms in total. The third-order valence-corrected chi connectivity index (χ3v) is 6.79. The highest BCUT2D eigenvalue weighted by atomic mass is 79.9. The number of rotatable bonds is 7. The summed E-state index contributed by atoms with van der Waals surface area (Å²) in [6.45, 7) is 4.90. The molecule has 33 heavy (non-hydrogen) atoms. The largest absolute Gasteiger partial charge is 0.490 e. The molecule has 0 spiro atoms. The molecular formula is C26H22BrNO3S2. The lowest BCUT2D eigenvalue weighted by Crippen LogP contribution is -2.27. The summed E-state index contributed by atoms with van der Waals surface area (Å²) in [5.74, 6) is 1.11. The minimum Gasteiger partial charge on any atom is -0.490 e. The van der Waals surface area contributed by atoms with Gasteiger partial charge in [0.15, 0.2) is 15.8 Å². The van der Waals surface area contributed by atoms with E-state index >= 15 is 0 Å². The number of halogens is 1. The maximum absolute atomic E-state index is 13.1. The fourth-order valence-corrected chi connectivity index (χ4v) is 5.32. The molecule has 168 valence electrons. The maximum atomic E-state index is 13.1. The molecule has 0 aromatic heterocycles. The van der Waals surface area contributed by atoms with E-state index in [0.29, 0.717) is 33.9 Å². The van der Waals surface area contributed by atoms with Gasteiger partial charge in [0.1, 0.15) is 6.61 Å². The average molecular weight is 541 g/mol. The molecule has 0 aliphatic carbocycles. The summed E-state index contributed by atoms with van der Waals surface area (Å²) in [6, 6.07) is 21.4. The number of carbonyl (C=O) groups is 1. The maximum Gasteiger partial charge on any atom is 0.270 e. The van der Waals surface area contributed by atoms with Gasteiger partial charge in [-0.1, -0.05) is 72.0 Å². The quantitative estimate of drug-likeness (QED) is 0.235. The fraction of sp³-hybridized carbons (Fsp3) is 0.154. The molecule has 1 saturated heterocycles. The molecule has 1 amide bonds. The Labute approximate surface area is 211 Å². The zero-order valence-electron chi connectivity index (χ0n) is 18.2. The highest BCUT2D eigenvalue weighted by Gasteiger charge is 2.33. The van der Waals surface area contributed by atoms with Crippen molar-refractivity contribution in [3.05, 3.63) is 92.8 Å². The summed E-state index contributed by atoms with van der Waals surface area (Å²) >= 11 is 10.4. The molecule has 1 aliphatic heterocycles. The Hall–Kier alpha value is -2.61. The molecule has 0 saturated carbocycles. The summed E-state index contributed by atoms with van der Waals surface area (Å²) in [6.07, 6.45) is 1.83. The molecule has 3 aromatic rings. The van der Waals surface area contributed by atoms with Gasteiger partial charge < -0.3 is 9.47 Å². The predicted molar refractivity (Wildman–Crippen MR) is 143 cm³/mol. The van der Waals surface area contributed by atoms with Crippen LogP contribution in [0.4, 0.5) is 5.69 Å². The summed E-state index contributed by atoms with van der Waals surface area (Å²) in [4.78, 5) is 15.2. The lowest BCUT2D eigenvalue weighted by atomic mass is 10.1.